The quantitative estimate of drug-likeness (QED) is 0.855. The van der Waals surface area contributed by atoms with E-state index in [0.717, 1.165) is 0 Å². The number of carbonyl (C=O) groups excluding carboxylic acids is 1. The topological polar surface area (TPSA) is 108 Å². The Balaban J connectivity index is 2.71. The van der Waals surface area contributed by atoms with E-state index in [-0.39, 0.29) is 15.5 Å². The molecule has 2 aromatic rings. The number of primary amides is 1. The van der Waals surface area contributed by atoms with Crippen LogP contribution >= 0.6 is 0 Å². The van der Waals surface area contributed by atoms with Crippen molar-refractivity contribution in [2.45, 2.75) is 16.8 Å². The summed E-state index contributed by atoms with van der Waals surface area (Å²) in [6, 6.07) is 2.78. The molecule has 2 heterocycles. The number of pyridine rings is 1. The normalized spacial score (nSPS) is 11.5. The fourth-order valence-corrected chi connectivity index (χ4v) is 3.21. The zero-order valence-electron chi connectivity index (χ0n) is 10.4. The maximum absolute atomic E-state index is 12.5. The average molecular weight is 280 g/mol. The third kappa shape index (κ3) is 2.10. The molecule has 0 unspecified atom stereocenters. The van der Waals surface area contributed by atoms with Gasteiger partial charge in [0, 0.05) is 13.2 Å². The molecule has 19 heavy (non-hydrogen) atoms. The van der Waals surface area contributed by atoms with Gasteiger partial charge >= 0.3 is 0 Å². The molecule has 0 spiro atoms. The minimum absolute atomic E-state index is 0.0104. The predicted octanol–water partition coefficient (Wildman–Crippen LogP) is 0.0552. The van der Waals surface area contributed by atoms with E-state index in [1.54, 1.807) is 14.0 Å². The summed E-state index contributed by atoms with van der Waals surface area (Å²) < 4.78 is 26.4. The molecule has 7 nitrogen and oxygen atoms in total. The third-order valence-corrected chi connectivity index (χ3v) is 4.59. The second-order valence-electron chi connectivity index (χ2n) is 3.94. The van der Waals surface area contributed by atoms with Crippen molar-refractivity contribution in [1.29, 1.82) is 0 Å². The summed E-state index contributed by atoms with van der Waals surface area (Å²) in [5.41, 5.74) is 5.49. The predicted molar refractivity (Wildman–Crippen MR) is 66.2 cm³/mol. The molecule has 2 N–H and O–H groups in total. The molecule has 0 saturated carbocycles. The van der Waals surface area contributed by atoms with Crippen LogP contribution in [0.2, 0.25) is 0 Å². The van der Waals surface area contributed by atoms with Crippen LogP contribution < -0.4 is 5.73 Å². The minimum atomic E-state index is -3.92. The Bertz CT molecular complexity index is 749. The van der Waals surface area contributed by atoms with Crippen molar-refractivity contribution in [3.05, 3.63) is 35.8 Å². The SMILES string of the molecule is Cc1c(S(=O)(=O)c2ncccc2C(N)=O)cnn1C. The van der Waals surface area contributed by atoms with Crippen LogP contribution in [0.4, 0.5) is 0 Å². The van der Waals surface area contributed by atoms with Crippen molar-refractivity contribution in [2.24, 2.45) is 12.8 Å². The van der Waals surface area contributed by atoms with E-state index in [2.05, 4.69) is 10.1 Å². The number of amides is 1. The molecule has 0 bridgehead atoms. The van der Waals surface area contributed by atoms with Crippen molar-refractivity contribution in [2.75, 3.05) is 0 Å². The van der Waals surface area contributed by atoms with Crippen LogP contribution in [0, 0.1) is 6.92 Å². The molecule has 2 aromatic heterocycles. The zero-order valence-corrected chi connectivity index (χ0v) is 11.2. The van der Waals surface area contributed by atoms with Gasteiger partial charge in [-0.05, 0) is 19.1 Å². The fraction of sp³-hybridized carbons (Fsp3) is 0.182. The number of nitrogens with zero attached hydrogens (tertiary/aromatic N) is 3. The summed E-state index contributed by atoms with van der Waals surface area (Å²) in [4.78, 5) is 15.1. The maximum Gasteiger partial charge on any atom is 0.251 e. The van der Waals surface area contributed by atoms with Crippen molar-refractivity contribution in [3.63, 3.8) is 0 Å². The van der Waals surface area contributed by atoms with Crippen molar-refractivity contribution < 1.29 is 13.2 Å². The van der Waals surface area contributed by atoms with Gasteiger partial charge in [-0.15, -0.1) is 0 Å². The van der Waals surface area contributed by atoms with Crippen LogP contribution in [-0.4, -0.2) is 29.1 Å². The van der Waals surface area contributed by atoms with Gasteiger partial charge in [0.2, 0.25) is 9.84 Å². The Hall–Kier alpha value is -2.22. The van der Waals surface area contributed by atoms with Gasteiger partial charge in [-0.3, -0.25) is 9.48 Å². The maximum atomic E-state index is 12.5. The van der Waals surface area contributed by atoms with E-state index in [1.165, 1.54) is 29.2 Å². The van der Waals surface area contributed by atoms with Crippen LogP contribution in [0.25, 0.3) is 0 Å². The first kappa shape index (κ1) is 13.2. The van der Waals surface area contributed by atoms with Crippen molar-refractivity contribution >= 4 is 15.7 Å². The fourth-order valence-electron chi connectivity index (χ4n) is 1.64. The lowest BCUT2D eigenvalue weighted by molar-refractivity contribution is 0.0996. The first-order valence-corrected chi connectivity index (χ1v) is 6.82. The van der Waals surface area contributed by atoms with Crippen molar-refractivity contribution in [1.82, 2.24) is 14.8 Å². The molecule has 1 amide bonds. The van der Waals surface area contributed by atoms with E-state index in [0.29, 0.717) is 5.69 Å². The molecule has 0 aliphatic rings. The minimum Gasteiger partial charge on any atom is -0.366 e. The summed E-state index contributed by atoms with van der Waals surface area (Å²) in [5, 5.41) is 3.53. The highest BCUT2D eigenvalue weighted by Crippen LogP contribution is 2.24. The molecule has 0 fully saturated rings. The van der Waals surface area contributed by atoms with Gasteiger partial charge in [0.1, 0.15) is 4.90 Å². The lowest BCUT2D eigenvalue weighted by Gasteiger charge is -2.06. The molecule has 2 rings (SSSR count). The van der Waals surface area contributed by atoms with Gasteiger partial charge in [-0.25, -0.2) is 13.4 Å². The smallest absolute Gasteiger partial charge is 0.251 e. The van der Waals surface area contributed by atoms with Gasteiger partial charge in [-0.1, -0.05) is 0 Å². The third-order valence-electron chi connectivity index (χ3n) is 2.77. The van der Waals surface area contributed by atoms with E-state index in [9.17, 15) is 13.2 Å². The number of hydrogen-bond donors (Lipinski definition) is 1. The highest BCUT2D eigenvalue weighted by atomic mass is 32.2. The van der Waals surface area contributed by atoms with Crippen LogP contribution in [0.15, 0.2) is 34.4 Å². The van der Waals surface area contributed by atoms with E-state index >= 15 is 0 Å². The molecule has 0 aliphatic heterocycles. The van der Waals surface area contributed by atoms with E-state index < -0.39 is 15.7 Å². The summed E-state index contributed by atoms with van der Waals surface area (Å²) in [5.74, 6) is -0.840. The number of sulfone groups is 1. The highest BCUT2D eigenvalue weighted by molar-refractivity contribution is 7.91. The van der Waals surface area contributed by atoms with Gasteiger partial charge in [0.25, 0.3) is 5.91 Å². The molecular weight excluding hydrogens is 268 g/mol. The first-order chi connectivity index (χ1) is 8.85. The number of aromatic nitrogens is 3. The highest BCUT2D eigenvalue weighted by Gasteiger charge is 2.28. The average Bonchev–Trinajstić information content (AvgIpc) is 2.70. The molecule has 0 atom stereocenters. The number of carbonyl (C=O) groups is 1. The summed E-state index contributed by atoms with van der Waals surface area (Å²) >= 11 is 0. The molecule has 0 aliphatic carbocycles. The summed E-state index contributed by atoms with van der Waals surface area (Å²) in [7, 11) is -2.29. The Kier molecular flexibility index (Phi) is 3.11. The lowest BCUT2D eigenvalue weighted by atomic mass is 10.3. The first-order valence-electron chi connectivity index (χ1n) is 5.34. The molecular formula is C11H12N4O3S. The van der Waals surface area contributed by atoms with Crippen LogP contribution in [0.5, 0.6) is 0 Å². The molecule has 100 valence electrons. The zero-order chi connectivity index (χ0) is 14.2. The van der Waals surface area contributed by atoms with Gasteiger partial charge in [-0.2, -0.15) is 5.10 Å². The standard InChI is InChI=1S/C11H12N4O3S/c1-7-9(6-14-15(7)2)19(17,18)11-8(10(12)16)4-3-5-13-11/h3-6H,1-2H3,(H2,12,16). The summed E-state index contributed by atoms with van der Waals surface area (Å²) in [6.45, 7) is 1.62. The van der Waals surface area contributed by atoms with Gasteiger partial charge < -0.3 is 5.73 Å². The number of rotatable bonds is 3. The van der Waals surface area contributed by atoms with Crippen LogP contribution in [-0.2, 0) is 16.9 Å². The van der Waals surface area contributed by atoms with Crippen molar-refractivity contribution in [3.8, 4) is 0 Å². The Morgan fingerprint density at radius 1 is 1.42 bits per heavy atom. The number of aryl methyl sites for hydroxylation is 1. The lowest BCUT2D eigenvalue weighted by Crippen LogP contribution is -2.18. The summed E-state index contributed by atoms with van der Waals surface area (Å²) in [6.07, 6.45) is 2.52. The second-order valence-corrected chi connectivity index (χ2v) is 5.78. The monoisotopic (exact) mass is 280 g/mol. The Morgan fingerprint density at radius 2 is 2.11 bits per heavy atom. The largest absolute Gasteiger partial charge is 0.366 e. The molecule has 0 aromatic carbocycles. The number of nitrogens with two attached hydrogens (primary N) is 1. The van der Waals surface area contributed by atoms with E-state index in [4.69, 9.17) is 5.73 Å². The Labute approximate surface area is 110 Å². The molecule has 0 radical (unpaired) electrons. The number of hydrogen-bond acceptors (Lipinski definition) is 5. The second kappa shape index (κ2) is 4.47. The van der Waals surface area contributed by atoms with E-state index in [1.807, 2.05) is 0 Å². The Morgan fingerprint density at radius 3 is 2.63 bits per heavy atom. The molecule has 8 heteroatoms. The molecule has 0 saturated heterocycles. The van der Waals surface area contributed by atoms with Crippen LogP contribution in [0.3, 0.4) is 0 Å². The van der Waals surface area contributed by atoms with Crippen LogP contribution in [0.1, 0.15) is 16.1 Å². The van der Waals surface area contributed by atoms with Gasteiger partial charge in [0.05, 0.1) is 17.5 Å². The van der Waals surface area contributed by atoms with Gasteiger partial charge in [0.15, 0.2) is 5.03 Å².